The maximum absolute atomic E-state index is 12.1. The second kappa shape index (κ2) is 4.66. The summed E-state index contributed by atoms with van der Waals surface area (Å²) in [7, 11) is 0. The molecule has 100 valence electrons. The van der Waals surface area contributed by atoms with Crippen LogP contribution in [0.1, 0.15) is 31.2 Å². The van der Waals surface area contributed by atoms with Gasteiger partial charge in [0.15, 0.2) is 0 Å². The van der Waals surface area contributed by atoms with E-state index in [1.54, 1.807) is 6.20 Å². The maximum atomic E-state index is 12.1. The van der Waals surface area contributed by atoms with Crippen molar-refractivity contribution in [1.82, 2.24) is 14.7 Å². The Balaban J connectivity index is 1.66. The number of imidazole rings is 1. The highest BCUT2D eigenvalue weighted by molar-refractivity contribution is 5.86. The van der Waals surface area contributed by atoms with Crippen molar-refractivity contribution in [2.75, 3.05) is 0 Å². The lowest BCUT2D eigenvalue weighted by Crippen LogP contribution is -2.51. The van der Waals surface area contributed by atoms with Crippen molar-refractivity contribution in [3.63, 3.8) is 0 Å². The topological polar surface area (TPSA) is 72.4 Å². The number of fused-ring (bicyclic) bond motifs is 1. The molecule has 2 aromatic rings. The molecule has 0 atom stereocenters. The first-order valence-corrected chi connectivity index (χ1v) is 6.66. The smallest absolute Gasteiger partial charge is 0.240 e. The predicted octanol–water partition coefficient (Wildman–Crippen LogP) is 1.22. The molecule has 1 saturated carbocycles. The SMILES string of the molecule is NC1(C(=O)NCc2ccn3ccnc3c2)CCCC1. The molecule has 0 radical (unpaired) electrons. The first-order chi connectivity index (χ1) is 9.17. The quantitative estimate of drug-likeness (QED) is 0.869. The van der Waals surface area contributed by atoms with E-state index in [0.29, 0.717) is 6.54 Å². The zero-order valence-corrected chi connectivity index (χ0v) is 10.8. The van der Waals surface area contributed by atoms with E-state index in [2.05, 4.69) is 10.3 Å². The number of nitrogens with one attached hydrogen (secondary N) is 1. The fourth-order valence-corrected chi connectivity index (χ4v) is 2.65. The number of aromatic nitrogens is 2. The van der Waals surface area contributed by atoms with Crippen molar-refractivity contribution in [2.45, 2.75) is 37.8 Å². The molecule has 5 nitrogen and oxygen atoms in total. The minimum absolute atomic E-state index is 0.0341. The van der Waals surface area contributed by atoms with Crippen LogP contribution in [-0.2, 0) is 11.3 Å². The molecule has 0 aromatic carbocycles. The molecule has 1 aliphatic rings. The van der Waals surface area contributed by atoms with Crippen molar-refractivity contribution >= 4 is 11.6 Å². The van der Waals surface area contributed by atoms with Crippen LogP contribution in [0.5, 0.6) is 0 Å². The Morgan fingerprint density at radius 3 is 3.00 bits per heavy atom. The third-order valence-electron chi connectivity index (χ3n) is 3.86. The molecule has 1 aliphatic carbocycles. The van der Waals surface area contributed by atoms with Crippen LogP contribution in [0, 0.1) is 0 Å². The fraction of sp³-hybridized carbons (Fsp3) is 0.429. The number of carbonyl (C=O) groups excluding carboxylic acids is 1. The summed E-state index contributed by atoms with van der Waals surface area (Å²) in [6.07, 6.45) is 9.26. The fourth-order valence-electron chi connectivity index (χ4n) is 2.65. The van der Waals surface area contributed by atoms with E-state index in [1.807, 2.05) is 28.9 Å². The summed E-state index contributed by atoms with van der Waals surface area (Å²) < 4.78 is 1.94. The zero-order chi connectivity index (χ0) is 13.3. The average Bonchev–Trinajstić information content (AvgIpc) is 3.04. The first kappa shape index (κ1) is 12.2. The number of pyridine rings is 1. The van der Waals surface area contributed by atoms with Crippen LogP contribution in [-0.4, -0.2) is 20.8 Å². The summed E-state index contributed by atoms with van der Waals surface area (Å²) in [5, 5.41) is 2.94. The molecule has 0 saturated heterocycles. The van der Waals surface area contributed by atoms with Crippen molar-refractivity contribution in [3.05, 3.63) is 36.3 Å². The molecule has 3 rings (SSSR count). The second-order valence-electron chi connectivity index (χ2n) is 5.27. The molecule has 3 N–H and O–H groups in total. The monoisotopic (exact) mass is 258 g/mol. The van der Waals surface area contributed by atoms with Gasteiger partial charge in [-0.25, -0.2) is 4.98 Å². The summed E-state index contributed by atoms with van der Waals surface area (Å²) >= 11 is 0. The van der Waals surface area contributed by atoms with E-state index in [-0.39, 0.29) is 5.91 Å². The molecule has 2 aromatic heterocycles. The van der Waals surface area contributed by atoms with Gasteiger partial charge in [0.25, 0.3) is 0 Å². The molecule has 19 heavy (non-hydrogen) atoms. The van der Waals surface area contributed by atoms with E-state index in [9.17, 15) is 4.79 Å². The highest BCUT2D eigenvalue weighted by Crippen LogP contribution is 2.27. The third kappa shape index (κ3) is 2.33. The molecular formula is C14H18N4O. The Morgan fingerprint density at radius 2 is 2.21 bits per heavy atom. The first-order valence-electron chi connectivity index (χ1n) is 6.66. The zero-order valence-electron chi connectivity index (χ0n) is 10.8. The van der Waals surface area contributed by atoms with E-state index < -0.39 is 5.54 Å². The van der Waals surface area contributed by atoms with Crippen LogP contribution in [0.25, 0.3) is 5.65 Å². The second-order valence-corrected chi connectivity index (χ2v) is 5.27. The van der Waals surface area contributed by atoms with Gasteiger partial charge in [-0.2, -0.15) is 0 Å². The van der Waals surface area contributed by atoms with Crippen LogP contribution in [0.3, 0.4) is 0 Å². The van der Waals surface area contributed by atoms with Crippen LogP contribution in [0.2, 0.25) is 0 Å². The summed E-state index contributed by atoms with van der Waals surface area (Å²) in [6.45, 7) is 0.501. The Kier molecular flexibility index (Phi) is 2.98. The minimum atomic E-state index is -0.655. The number of hydrogen-bond acceptors (Lipinski definition) is 3. The van der Waals surface area contributed by atoms with E-state index in [4.69, 9.17) is 5.73 Å². The standard InChI is InChI=1S/C14H18N4O/c15-14(4-1-2-5-14)13(19)17-10-11-3-7-18-8-6-16-12(18)9-11/h3,6-9H,1-2,4-5,10,15H2,(H,17,19). The Morgan fingerprint density at radius 1 is 1.42 bits per heavy atom. The summed E-state index contributed by atoms with van der Waals surface area (Å²) in [4.78, 5) is 16.3. The predicted molar refractivity (Wildman–Crippen MR) is 72.4 cm³/mol. The number of nitrogens with zero attached hydrogens (tertiary/aromatic N) is 2. The molecule has 1 amide bonds. The van der Waals surface area contributed by atoms with Gasteiger partial charge in [-0.3, -0.25) is 4.79 Å². The lowest BCUT2D eigenvalue weighted by molar-refractivity contribution is -0.126. The van der Waals surface area contributed by atoms with Gasteiger partial charge in [-0.05, 0) is 30.5 Å². The van der Waals surface area contributed by atoms with Gasteiger partial charge in [0.05, 0.1) is 5.54 Å². The molecule has 0 spiro atoms. The number of hydrogen-bond donors (Lipinski definition) is 2. The molecule has 0 aliphatic heterocycles. The Labute approximate surface area is 111 Å². The van der Waals surface area contributed by atoms with Crippen molar-refractivity contribution in [1.29, 1.82) is 0 Å². The number of rotatable bonds is 3. The van der Waals surface area contributed by atoms with Gasteiger partial charge in [0.2, 0.25) is 5.91 Å². The summed E-state index contributed by atoms with van der Waals surface area (Å²) in [5.41, 5.74) is 7.38. The Hall–Kier alpha value is -1.88. The largest absolute Gasteiger partial charge is 0.350 e. The number of nitrogens with two attached hydrogens (primary N) is 1. The van der Waals surface area contributed by atoms with E-state index in [0.717, 1.165) is 36.9 Å². The van der Waals surface area contributed by atoms with Crippen LogP contribution >= 0.6 is 0 Å². The van der Waals surface area contributed by atoms with E-state index >= 15 is 0 Å². The van der Waals surface area contributed by atoms with Gasteiger partial charge in [0.1, 0.15) is 5.65 Å². The maximum Gasteiger partial charge on any atom is 0.240 e. The lowest BCUT2D eigenvalue weighted by Gasteiger charge is -2.22. The number of amides is 1. The van der Waals surface area contributed by atoms with Crippen LogP contribution in [0.4, 0.5) is 0 Å². The van der Waals surface area contributed by atoms with Gasteiger partial charge < -0.3 is 15.5 Å². The van der Waals surface area contributed by atoms with Gasteiger partial charge in [-0.15, -0.1) is 0 Å². The summed E-state index contributed by atoms with van der Waals surface area (Å²) in [6, 6.07) is 3.95. The average molecular weight is 258 g/mol. The molecular weight excluding hydrogens is 240 g/mol. The summed E-state index contributed by atoms with van der Waals surface area (Å²) in [5.74, 6) is -0.0341. The van der Waals surface area contributed by atoms with Crippen LogP contribution < -0.4 is 11.1 Å². The highest BCUT2D eigenvalue weighted by atomic mass is 16.2. The lowest BCUT2D eigenvalue weighted by atomic mass is 9.98. The molecule has 2 heterocycles. The van der Waals surface area contributed by atoms with Crippen LogP contribution in [0.15, 0.2) is 30.7 Å². The highest BCUT2D eigenvalue weighted by Gasteiger charge is 2.36. The van der Waals surface area contributed by atoms with Gasteiger partial charge in [-0.1, -0.05) is 12.8 Å². The molecule has 0 bridgehead atoms. The minimum Gasteiger partial charge on any atom is -0.350 e. The molecule has 1 fully saturated rings. The van der Waals surface area contributed by atoms with Gasteiger partial charge in [0, 0.05) is 25.1 Å². The van der Waals surface area contributed by atoms with Crippen molar-refractivity contribution < 1.29 is 4.79 Å². The molecule has 5 heteroatoms. The molecule has 0 unspecified atom stereocenters. The number of carbonyl (C=O) groups is 1. The third-order valence-corrected chi connectivity index (χ3v) is 3.86. The van der Waals surface area contributed by atoms with Gasteiger partial charge >= 0.3 is 0 Å². The van der Waals surface area contributed by atoms with Crippen molar-refractivity contribution in [3.8, 4) is 0 Å². The Bertz CT molecular complexity index is 598. The van der Waals surface area contributed by atoms with E-state index in [1.165, 1.54) is 0 Å². The normalized spacial score (nSPS) is 17.7. The van der Waals surface area contributed by atoms with Crippen molar-refractivity contribution in [2.24, 2.45) is 5.73 Å².